The van der Waals surface area contributed by atoms with Gasteiger partial charge in [-0.1, -0.05) is 33.6 Å². The number of phenolic OH excluding ortho intramolecular Hbond substituents is 1. The van der Waals surface area contributed by atoms with Crippen LogP contribution in [-0.2, 0) is 28.7 Å². The molecule has 2 atom stereocenters. The van der Waals surface area contributed by atoms with Crippen LogP contribution in [0.25, 0.3) is 0 Å². The van der Waals surface area contributed by atoms with Crippen molar-refractivity contribution in [1.82, 2.24) is 10.2 Å². The molecule has 5 nitrogen and oxygen atoms in total. The van der Waals surface area contributed by atoms with Gasteiger partial charge in [-0.15, -0.1) is 0 Å². The third-order valence-corrected chi connectivity index (χ3v) is 7.37. The summed E-state index contributed by atoms with van der Waals surface area (Å²) in [4.78, 5) is 15.1. The smallest absolute Gasteiger partial charge is 0.416 e. The first-order valence-corrected chi connectivity index (χ1v) is 12.4. The Morgan fingerprint density at radius 3 is 2.56 bits per heavy atom. The number of amides is 1. The maximum atomic E-state index is 13.4. The van der Waals surface area contributed by atoms with Gasteiger partial charge in [0, 0.05) is 38.4 Å². The van der Waals surface area contributed by atoms with Gasteiger partial charge in [0.1, 0.15) is 5.75 Å². The second-order valence-corrected chi connectivity index (χ2v) is 9.85. The van der Waals surface area contributed by atoms with Gasteiger partial charge in [-0.25, -0.2) is 0 Å². The maximum Gasteiger partial charge on any atom is 0.416 e. The van der Waals surface area contributed by atoms with Gasteiger partial charge in [0.25, 0.3) is 0 Å². The fourth-order valence-electron chi connectivity index (χ4n) is 5.11. The number of aromatic hydroxyl groups is 1. The standard InChI is InChI=1S/C20H27F3N2O2.C6H14O/c1-12(2)19(6-4-15(10-19)24-3)18(27)25-7-5-16-13(11-25)8-14(9-17(16)26)20(21,22)23;1-3-4-5-6-7-2/h8-9,12,15,24,26H,4-7,10-11H2,1-3H3;3-6H2,1-2H3. The van der Waals surface area contributed by atoms with Gasteiger partial charge in [0.05, 0.1) is 11.0 Å². The third kappa shape index (κ3) is 6.66. The second-order valence-electron chi connectivity index (χ2n) is 9.85. The summed E-state index contributed by atoms with van der Waals surface area (Å²) in [5.41, 5.74) is -0.439. The molecule has 1 amide bonds. The Morgan fingerprint density at radius 2 is 2.03 bits per heavy atom. The molecule has 1 aliphatic carbocycles. The minimum Gasteiger partial charge on any atom is -0.508 e. The van der Waals surface area contributed by atoms with E-state index in [9.17, 15) is 23.1 Å². The number of hydrogen-bond acceptors (Lipinski definition) is 4. The number of hydrogen-bond donors (Lipinski definition) is 2. The van der Waals surface area contributed by atoms with E-state index in [-0.39, 0.29) is 30.2 Å². The Bertz CT molecular complexity index is 809. The Morgan fingerprint density at radius 1 is 1.32 bits per heavy atom. The molecule has 8 heteroatoms. The van der Waals surface area contributed by atoms with Crippen LogP contribution in [0.2, 0.25) is 0 Å². The van der Waals surface area contributed by atoms with Gasteiger partial charge >= 0.3 is 6.18 Å². The van der Waals surface area contributed by atoms with E-state index in [0.717, 1.165) is 38.0 Å². The number of ether oxygens (including phenoxy) is 1. The Balaban J connectivity index is 0.000000509. The average Bonchev–Trinajstić information content (AvgIpc) is 3.24. The SMILES string of the molecule is CCCCCOC.CNC1CCC(C(=O)N2CCc3c(O)cc(C(F)(F)F)cc3C2)(C(C)C)C1. The molecule has 3 rings (SSSR count). The topological polar surface area (TPSA) is 61.8 Å². The fraction of sp³-hybridized carbons (Fsp3) is 0.731. The molecule has 1 heterocycles. The lowest BCUT2D eigenvalue weighted by Gasteiger charge is -2.40. The van der Waals surface area contributed by atoms with Crippen LogP contribution in [0.1, 0.15) is 76.0 Å². The quantitative estimate of drug-likeness (QED) is 0.498. The molecule has 1 saturated carbocycles. The predicted molar refractivity (Wildman–Crippen MR) is 128 cm³/mol. The van der Waals surface area contributed by atoms with E-state index >= 15 is 0 Å². The number of methoxy groups -OCH3 is 1. The highest BCUT2D eigenvalue weighted by Crippen LogP contribution is 2.47. The van der Waals surface area contributed by atoms with E-state index in [1.54, 1.807) is 12.0 Å². The zero-order valence-corrected chi connectivity index (χ0v) is 21.2. The van der Waals surface area contributed by atoms with Crippen LogP contribution < -0.4 is 5.32 Å². The molecule has 1 aromatic rings. The predicted octanol–water partition coefficient (Wildman–Crippen LogP) is 5.53. The summed E-state index contributed by atoms with van der Waals surface area (Å²) in [6, 6.07) is 2.14. The van der Waals surface area contributed by atoms with Crippen molar-refractivity contribution >= 4 is 5.91 Å². The average molecular weight is 487 g/mol. The number of benzene rings is 1. The molecule has 2 unspecified atom stereocenters. The molecule has 0 aromatic heterocycles. The molecule has 0 saturated heterocycles. The van der Waals surface area contributed by atoms with Crippen LogP contribution in [0, 0.1) is 11.3 Å². The molecule has 0 bridgehead atoms. The van der Waals surface area contributed by atoms with Crippen LogP contribution in [0.4, 0.5) is 13.2 Å². The minimum atomic E-state index is -4.52. The van der Waals surface area contributed by atoms with Crippen molar-refractivity contribution in [2.75, 3.05) is 27.3 Å². The number of phenols is 1. The van der Waals surface area contributed by atoms with Gasteiger partial charge in [-0.05, 0) is 62.8 Å². The normalized spacial score (nSPS) is 22.4. The summed E-state index contributed by atoms with van der Waals surface area (Å²) in [6.45, 7) is 7.74. The van der Waals surface area contributed by atoms with Crippen molar-refractivity contribution in [3.63, 3.8) is 0 Å². The number of unbranched alkanes of at least 4 members (excludes halogenated alkanes) is 2. The maximum absolute atomic E-state index is 13.4. The lowest BCUT2D eigenvalue weighted by Crippen LogP contribution is -2.48. The van der Waals surface area contributed by atoms with E-state index < -0.39 is 17.2 Å². The van der Waals surface area contributed by atoms with Crippen LogP contribution in [0.3, 0.4) is 0 Å². The van der Waals surface area contributed by atoms with Crippen molar-refractivity contribution in [3.8, 4) is 5.75 Å². The van der Waals surface area contributed by atoms with Crippen molar-refractivity contribution in [3.05, 3.63) is 28.8 Å². The number of fused-ring (bicyclic) bond motifs is 1. The van der Waals surface area contributed by atoms with E-state index in [1.807, 2.05) is 20.9 Å². The van der Waals surface area contributed by atoms with E-state index in [1.165, 1.54) is 19.3 Å². The molecule has 194 valence electrons. The molecule has 1 aliphatic heterocycles. The highest BCUT2D eigenvalue weighted by Gasteiger charge is 2.49. The largest absolute Gasteiger partial charge is 0.508 e. The van der Waals surface area contributed by atoms with Crippen molar-refractivity contribution < 1.29 is 27.8 Å². The zero-order chi connectivity index (χ0) is 25.5. The lowest BCUT2D eigenvalue weighted by atomic mass is 9.74. The highest BCUT2D eigenvalue weighted by atomic mass is 19.4. The van der Waals surface area contributed by atoms with Crippen molar-refractivity contribution in [2.45, 2.75) is 84.5 Å². The first kappa shape index (κ1) is 28.4. The van der Waals surface area contributed by atoms with Gasteiger partial charge in [-0.2, -0.15) is 13.2 Å². The van der Waals surface area contributed by atoms with Crippen LogP contribution >= 0.6 is 0 Å². The van der Waals surface area contributed by atoms with Gasteiger partial charge in [0.15, 0.2) is 0 Å². The molecule has 0 spiro atoms. The van der Waals surface area contributed by atoms with E-state index in [0.29, 0.717) is 24.1 Å². The monoisotopic (exact) mass is 486 g/mol. The number of carbonyl (C=O) groups is 1. The number of alkyl halides is 3. The molecular formula is C26H41F3N2O3. The van der Waals surface area contributed by atoms with Gasteiger partial charge in [0.2, 0.25) is 5.91 Å². The highest BCUT2D eigenvalue weighted by molar-refractivity contribution is 5.84. The summed E-state index contributed by atoms with van der Waals surface area (Å²) in [5, 5.41) is 13.3. The molecular weight excluding hydrogens is 445 g/mol. The summed E-state index contributed by atoms with van der Waals surface area (Å²) < 4.78 is 44.1. The third-order valence-electron chi connectivity index (χ3n) is 7.37. The van der Waals surface area contributed by atoms with Crippen molar-refractivity contribution in [2.24, 2.45) is 11.3 Å². The number of nitrogens with one attached hydrogen (secondary N) is 1. The van der Waals surface area contributed by atoms with E-state index in [2.05, 4.69) is 12.2 Å². The summed E-state index contributed by atoms with van der Waals surface area (Å²) in [7, 11) is 3.64. The molecule has 1 fully saturated rings. The van der Waals surface area contributed by atoms with Crippen LogP contribution in [-0.4, -0.2) is 49.3 Å². The Kier molecular flexibility index (Phi) is 10.2. The summed E-state index contributed by atoms with van der Waals surface area (Å²) in [5.74, 6) is -0.154. The zero-order valence-electron chi connectivity index (χ0n) is 21.2. The van der Waals surface area contributed by atoms with Crippen LogP contribution in [0.15, 0.2) is 12.1 Å². The molecule has 1 aromatic carbocycles. The number of halogens is 3. The molecule has 2 aliphatic rings. The molecule has 0 radical (unpaired) electrons. The first-order valence-electron chi connectivity index (χ1n) is 12.4. The Hall–Kier alpha value is -1.80. The number of carbonyl (C=O) groups excluding carboxylic acids is 1. The Labute approximate surface area is 202 Å². The van der Waals surface area contributed by atoms with E-state index in [4.69, 9.17) is 4.74 Å². The fourth-order valence-corrected chi connectivity index (χ4v) is 5.11. The molecule has 34 heavy (non-hydrogen) atoms. The second kappa shape index (κ2) is 12.2. The van der Waals surface area contributed by atoms with Gasteiger partial charge in [-0.3, -0.25) is 4.79 Å². The van der Waals surface area contributed by atoms with Gasteiger partial charge < -0.3 is 20.1 Å². The lowest BCUT2D eigenvalue weighted by molar-refractivity contribution is -0.145. The summed E-state index contributed by atoms with van der Waals surface area (Å²) >= 11 is 0. The minimum absolute atomic E-state index is 0.0257. The number of rotatable bonds is 7. The number of nitrogens with zero attached hydrogens (tertiary/aromatic N) is 1. The molecule has 2 N–H and O–H groups in total. The summed E-state index contributed by atoms with van der Waals surface area (Å²) in [6.07, 6.45) is 2.09. The first-order chi connectivity index (χ1) is 16.0. The van der Waals surface area contributed by atoms with Crippen LogP contribution in [0.5, 0.6) is 5.75 Å². The van der Waals surface area contributed by atoms with Crippen molar-refractivity contribution in [1.29, 1.82) is 0 Å².